The monoisotopic (exact) mass is 2070 g/mol. The summed E-state index contributed by atoms with van der Waals surface area (Å²) in [7, 11) is 11.1. The van der Waals surface area contributed by atoms with Gasteiger partial charge in [-0.3, -0.25) is 34.3 Å². The van der Waals surface area contributed by atoms with Crippen molar-refractivity contribution in [3.8, 4) is 41.2 Å². The Balaban J connectivity index is 0.000000873. The van der Waals surface area contributed by atoms with Crippen molar-refractivity contribution < 1.29 is 105 Å². The number of allylic oxidation sites excluding steroid dienone is 1. The van der Waals surface area contributed by atoms with Crippen LogP contribution in [0.1, 0.15) is 241 Å². The molecule has 0 bridgehead atoms. The number of aromatic amines is 2. The average Bonchev–Trinajstić information content (AvgIpc) is 1.62. The molecule has 2 aromatic heterocycles. The van der Waals surface area contributed by atoms with Crippen LogP contribution in [0.15, 0.2) is 181 Å². The van der Waals surface area contributed by atoms with Crippen LogP contribution in [0, 0.1) is 39.9 Å². The van der Waals surface area contributed by atoms with Gasteiger partial charge in [-0.2, -0.15) is 33.9 Å². The summed E-state index contributed by atoms with van der Waals surface area (Å²) in [6.07, 6.45) is 2.58. The number of benzene rings is 6. The molecule has 0 aliphatic carbocycles. The van der Waals surface area contributed by atoms with Gasteiger partial charge in [0.25, 0.3) is 5.56 Å². The fraction of sp³-hybridized carbons (Fsp3) is 0.537. The molecule has 2 unspecified atom stereocenters. The van der Waals surface area contributed by atoms with Gasteiger partial charge in [0.15, 0.2) is 16.9 Å². The number of H-pyrrole nitrogens is 2. The highest BCUT2D eigenvalue weighted by Crippen LogP contribution is 2.47. The summed E-state index contributed by atoms with van der Waals surface area (Å²) in [5, 5.41) is 82.4. The lowest BCUT2D eigenvalue weighted by atomic mass is 9.79. The van der Waals surface area contributed by atoms with Crippen LogP contribution in [0.4, 0.5) is 19.1 Å². The molecular weight excluding hydrogens is 1900 g/mol. The van der Waals surface area contributed by atoms with E-state index in [1.807, 2.05) is 147 Å². The molecule has 11 rings (SSSR count). The molecular formula is C108H161F3N12O20P2. The van der Waals surface area contributed by atoms with Crippen molar-refractivity contribution >= 4 is 59.4 Å². The zero-order valence-corrected chi connectivity index (χ0v) is 90.9. The summed E-state index contributed by atoms with van der Waals surface area (Å²) in [5.41, 5.74) is 2.94. The molecule has 2 amide bonds. The summed E-state index contributed by atoms with van der Waals surface area (Å²) in [6, 6.07) is 60.8. The van der Waals surface area contributed by atoms with E-state index in [1.54, 1.807) is 67.4 Å². The first kappa shape index (κ1) is 132. The number of Topliss-reactive ketones (excluding diaryl/α,β-unsaturated/α-hetero) is 2. The average molecular weight is 2070 g/mol. The van der Waals surface area contributed by atoms with Crippen molar-refractivity contribution in [3.05, 3.63) is 220 Å². The van der Waals surface area contributed by atoms with Gasteiger partial charge in [0.2, 0.25) is 23.5 Å². The number of amides is 2. The lowest BCUT2D eigenvalue weighted by Gasteiger charge is -2.40. The third kappa shape index (κ3) is 47.4. The summed E-state index contributed by atoms with van der Waals surface area (Å²) < 4.78 is 94.3. The highest BCUT2D eigenvalue weighted by atomic mass is 31.0. The van der Waals surface area contributed by atoms with E-state index in [-0.39, 0.29) is 119 Å². The minimum Gasteiger partial charge on any atom is -0.497 e. The standard InChI is InChI=1S/2C28H33O6P.C10H17F3O.C9H11N5O2.C6H7NO2.3C6H15N.3C3H5NO/c2*1-4-27(26(34-35)25(29)18-32-27)19-33-28(20-8-6-5-7-9-20,21-10-14-23(30-2)15-11-21)22-12-16-24(31-3)17-13-22;1-2-3-4-5-6-7-8-9(14)10(11,12)13;1-4(2)7(15)13-9-12-6-5(8(16)14-9)10-3-11-6;1-4-3-7-6(9)2-5(4)8;3*1-5(2)7-6(3)4;3*4-2-1-3-5/h2*5-17,25-26,29H,4,18-19,35H2,1-3H3;2-8H2,1H3;3-4H,1-2H3,(H3,10,11,12,13,14,15,16);3H,2H2,1H3,(H,7,9);3*5-7H,1-4H3;3*5H,1,3H2/t2*25-,26-,27+;;;;;;;;;/m00........./s1. The summed E-state index contributed by atoms with van der Waals surface area (Å²) in [4.78, 5) is 67.4. The van der Waals surface area contributed by atoms with E-state index < -0.39 is 58.8 Å². The Kier molecular flexibility index (Phi) is 66.4. The number of halogens is 3. The molecule has 0 saturated carbocycles. The second-order valence-corrected chi connectivity index (χ2v) is 36.3. The molecule has 0 radical (unpaired) electrons. The molecule has 5 heterocycles. The number of ether oxygens (including phenoxy) is 8. The Morgan fingerprint density at radius 3 is 1.11 bits per heavy atom. The molecule has 6 aromatic carbocycles. The second-order valence-electron chi connectivity index (χ2n) is 35.7. The molecule has 8 atom stereocenters. The molecule has 2 saturated heterocycles. The van der Waals surface area contributed by atoms with E-state index >= 15 is 0 Å². The number of methoxy groups -OCH3 is 4. The van der Waals surface area contributed by atoms with Crippen molar-refractivity contribution in [2.75, 3.05) is 80.0 Å². The van der Waals surface area contributed by atoms with Crippen LogP contribution in [0.5, 0.6) is 23.0 Å². The first-order valence-corrected chi connectivity index (χ1v) is 49.8. The number of unbranched alkanes of at least 4 members (excludes halogenated alkanes) is 5. The summed E-state index contributed by atoms with van der Waals surface area (Å²) >= 11 is 0. The van der Waals surface area contributed by atoms with Crippen molar-refractivity contribution in [2.45, 2.75) is 297 Å². The predicted molar refractivity (Wildman–Crippen MR) is 566 cm³/mol. The van der Waals surface area contributed by atoms with Gasteiger partial charge < -0.3 is 98.7 Å². The molecule has 2 fully saturated rings. The van der Waals surface area contributed by atoms with Gasteiger partial charge >= 0.3 is 6.18 Å². The number of aliphatic hydroxyl groups is 5. The number of rotatable bonds is 38. The number of hydrogen-bond donors (Lipinski definition) is 12. The van der Waals surface area contributed by atoms with Gasteiger partial charge in [-0.15, -0.1) is 0 Å². The van der Waals surface area contributed by atoms with E-state index in [1.165, 1.54) is 12.5 Å². The Morgan fingerprint density at radius 1 is 0.517 bits per heavy atom. The number of carbonyl (C=O) groups excluding carboxylic acids is 4. The number of nitriles is 3. The SMILES string of the molecule is CC(C)C(=O)Nc1nc2nc[nH]c2c(=O)[nH]1.CC(C)NC(C)C.CC(C)NC(C)C.CC(C)NC(C)C.CC1=CNC(=O)CC1=O.CCCCCCCCC(=O)C(F)(F)F.CC[C@]1(COC(c2ccccc2)(c2ccc(OC)cc2)c2ccc(OC)cc2)OC[C@H](O)[C@@H]1OP.CC[C@]1(COC(c2ccccc2)(c2ccc(OC)cc2)c2ccc(OC)cc2)OC[C@H](O)[C@@H]1OP.N#CCCO.N#CCCO.N#CCCO. The first-order chi connectivity index (χ1) is 68.9. The van der Waals surface area contributed by atoms with Gasteiger partial charge in [0.05, 0.1) is 125 Å². The van der Waals surface area contributed by atoms with Crippen molar-refractivity contribution in [1.29, 1.82) is 15.8 Å². The Bertz CT molecular complexity index is 4740. The minimum atomic E-state index is -4.64. The number of nitrogens with one attached hydrogen (secondary N) is 7. The Morgan fingerprint density at radius 2 is 0.848 bits per heavy atom. The highest BCUT2D eigenvalue weighted by molar-refractivity contribution is 7.10. The highest BCUT2D eigenvalue weighted by Gasteiger charge is 2.53. The Hall–Kier alpha value is -10.5. The van der Waals surface area contributed by atoms with E-state index in [0.717, 1.165) is 88.5 Å². The van der Waals surface area contributed by atoms with Gasteiger partial charge in [-0.25, -0.2) is 4.98 Å². The van der Waals surface area contributed by atoms with E-state index in [0.29, 0.717) is 66.6 Å². The van der Waals surface area contributed by atoms with Crippen LogP contribution < -0.4 is 51.1 Å². The maximum atomic E-state index is 11.7. The van der Waals surface area contributed by atoms with Gasteiger partial charge in [-0.1, -0.05) is 259 Å². The number of fused-ring (bicyclic) bond motifs is 1. The number of hydrogen-bond acceptors (Lipinski definition) is 28. The van der Waals surface area contributed by atoms with Gasteiger partial charge in [-0.05, 0) is 108 Å². The fourth-order valence-corrected chi connectivity index (χ4v) is 15.6. The zero-order valence-electron chi connectivity index (χ0n) is 88.5. The minimum absolute atomic E-state index is 0.00231. The predicted octanol–water partition coefficient (Wildman–Crippen LogP) is 17.4. The largest absolute Gasteiger partial charge is 0.497 e. The normalized spacial score (nSPS) is 16.5. The van der Waals surface area contributed by atoms with E-state index in [9.17, 15) is 47.4 Å². The number of ketones is 2. The smallest absolute Gasteiger partial charge is 0.449 e. The number of aromatic nitrogens is 4. The van der Waals surface area contributed by atoms with Crippen molar-refractivity contribution in [2.24, 2.45) is 5.92 Å². The zero-order chi connectivity index (χ0) is 109. The number of carbonyl (C=O) groups is 4. The van der Waals surface area contributed by atoms with Gasteiger partial charge in [0.1, 0.15) is 69.8 Å². The molecule has 8 aromatic rings. The number of anilines is 1. The van der Waals surface area contributed by atoms with Crippen molar-refractivity contribution in [1.82, 2.24) is 41.2 Å². The topological polar surface area (TPSA) is 468 Å². The van der Waals surface area contributed by atoms with Crippen LogP contribution in [0.3, 0.4) is 0 Å². The van der Waals surface area contributed by atoms with Crippen LogP contribution >= 0.6 is 18.9 Å². The third-order valence-electron chi connectivity index (χ3n) is 21.7. The maximum Gasteiger partial charge on any atom is 0.449 e. The Labute approximate surface area is 860 Å². The fourth-order valence-electron chi connectivity index (χ4n) is 14.8. The van der Waals surface area contributed by atoms with Crippen LogP contribution in [-0.4, -0.2) is 222 Å². The number of imidazole rings is 1. The molecule has 12 N–H and O–H groups in total. The maximum absolute atomic E-state index is 11.7. The lowest BCUT2D eigenvalue weighted by molar-refractivity contribution is -0.171. The van der Waals surface area contributed by atoms with E-state index in [2.05, 4.69) is 180 Å². The quantitative estimate of drug-likeness (QED) is 0.00740. The first-order valence-electron chi connectivity index (χ1n) is 48.8. The van der Waals surface area contributed by atoms with Crippen LogP contribution in [-0.2, 0) is 58.4 Å². The molecule has 37 heteroatoms. The molecule has 3 aliphatic heterocycles. The molecule has 804 valence electrons. The van der Waals surface area contributed by atoms with Gasteiger partial charge in [0, 0.05) is 79.3 Å². The molecule has 3 aliphatic rings. The van der Waals surface area contributed by atoms with Crippen LogP contribution in [0.2, 0.25) is 0 Å². The molecule has 32 nitrogen and oxygen atoms in total. The molecule has 145 heavy (non-hydrogen) atoms. The second kappa shape index (κ2) is 72.7. The summed E-state index contributed by atoms with van der Waals surface area (Å²) in [6.45, 7) is 37.9. The summed E-state index contributed by atoms with van der Waals surface area (Å²) in [5.74, 6) is 0.866. The third-order valence-corrected chi connectivity index (χ3v) is 22.3. The van der Waals surface area contributed by atoms with E-state index in [4.69, 9.17) is 78.0 Å². The number of aliphatic hydroxyl groups excluding tert-OH is 5. The lowest BCUT2D eigenvalue weighted by Crippen LogP contribution is -2.49. The molecule has 0 spiro atoms. The van der Waals surface area contributed by atoms with Crippen LogP contribution in [0.25, 0.3) is 11.2 Å². The van der Waals surface area contributed by atoms with Crippen molar-refractivity contribution in [3.63, 3.8) is 0 Å². The number of nitrogens with zero attached hydrogens (tertiary/aromatic N) is 5. The number of alkyl halides is 3.